The van der Waals surface area contributed by atoms with Gasteiger partial charge in [-0.3, -0.25) is 4.79 Å². The van der Waals surface area contributed by atoms with Crippen LogP contribution in [0, 0.1) is 28.6 Å². The molecule has 5 nitrogen and oxygen atoms in total. The largest absolute Gasteiger partial charge is 0.481 e. The Balaban J connectivity index is 1.74. The molecule has 6 heteroatoms. The van der Waals surface area contributed by atoms with Gasteiger partial charge >= 0.3 is 7.12 Å². The molecule has 154 valence electrons. The maximum absolute atomic E-state index is 12.8. The van der Waals surface area contributed by atoms with Crippen molar-refractivity contribution in [3.63, 3.8) is 0 Å². The molecule has 4 aliphatic rings. The molecule has 27 heavy (non-hydrogen) atoms. The molecule has 6 atom stereocenters. The molecule has 3 aliphatic carbocycles. The molecule has 3 N–H and O–H groups in total. The summed E-state index contributed by atoms with van der Waals surface area (Å²) in [7, 11) is -0.395. The Morgan fingerprint density at radius 2 is 1.89 bits per heavy atom. The molecule has 4 rings (SSSR count). The van der Waals surface area contributed by atoms with E-state index in [2.05, 4.69) is 39.9 Å². The zero-order chi connectivity index (χ0) is 20.4. The molecule has 0 aromatic carbocycles. The van der Waals surface area contributed by atoms with E-state index in [1.807, 2.05) is 20.8 Å². The van der Waals surface area contributed by atoms with Crippen molar-refractivity contribution in [2.45, 2.75) is 98.3 Å². The van der Waals surface area contributed by atoms with Gasteiger partial charge in [0.15, 0.2) is 0 Å². The summed E-state index contributed by atoms with van der Waals surface area (Å²) >= 11 is 0. The van der Waals surface area contributed by atoms with Gasteiger partial charge < -0.3 is 20.4 Å². The lowest BCUT2D eigenvalue weighted by Crippen LogP contribution is -2.65. The minimum absolute atomic E-state index is 0.120. The monoisotopic (exact) mass is 378 g/mol. The Kier molecular flexibility index (Phi) is 5.27. The highest BCUT2D eigenvalue weighted by Crippen LogP contribution is 2.65. The van der Waals surface area contributed by atoms with Crippen molar-refractivity contribution in [2.75, 3.05) is 0 Å². The summed E-state index contributed by atoms with van der Waals surface area (Å²) in [5.74, 6) is 1.37. The lowest BCUT2D eigenvalue weighted by molar-refractivity contribution is -0.199. The average Bonchev–Trinajstić information content (AvgIpc) is 2.88. The molecule has 0 spiro atoms. The van der Waals surface area contributed by atoms with Crippen molar-refractivity contribution < 1.29 is 14.1 Å². The SMILES string of the molecule is CC(C)C[C@H](NC(=O)[C@@H](N)C(C)(C)C)B1O[C@@H]2C[C@@H]3C[C@@H](C3(C)C)[C@]2(C)O1. The second-order valence-electron chi connectivity index (χ2n) is 11.4. The van der Waals surface area contributed by atoms with Crippen LogP contribution in [0.1, 0.15) is 74.7 Å². The zero-order valence-corrected chi connectivity index (χ0v) is 18.5. The summed E-state index contributed by atoms with van der Waals surface area (Å²) < 4.78 is 13.0. The van der Waals surface area contributed by atoms with Crippen molar-refractivity contribution in [1.82, 2.24) is 5.32 Å². The van der Waals surface area contributed by atoms with Crippen LogP contribution in [0.25, 0.3) is 0 Å². The van der Waals surface area contributed by atoms with Crippen LogP contribution in [0.15, 0.2) is 0 Å². The molecule has 4 fully saturated rings. The molecule has 1 amide bonds. The van der Waals surface area contributed by atoms with Crippen molar-refractivity contribution >= 4 is 13.0 Å². The van der Waals surface area contributed by atoms with Crippen LogP contribution >= 0.6 is 0 Å². The highest BCUT2D eigenvalue weighted by atomic mass is 16.7. The number of rotatable bonds is 5. The van der Waals surface area contributed by atoms with Crippen LogP contribution in [-0.4, -0.2) is 36.7 Å². The van der Waals surface area contributed by atoms with E-state index in [0.717, 1.165) is 18.8 Å². The fourth-order valence-electron chi connectivity index (χ4n) is 5.48. The summed E-state index contributed by atoms with van der Waals surface area (Å²) in [5, 5.41) is 3.16. The molecule has 3 saturated carbocycles. The Bertz CT molecular complexity index is 588. The zero-order valence-electron chi connectivity index (χ0n) is 18.5. The molecule has 1 heterocycles. The molecule has 0 aromatic rings. The van der Waals surface area contributed by atoms with Crippen molar-refractivity contribution in [2.24, 2.45) is 34.3 Å². The first-order chi connectivity index (χ1) is 12.3. The molecule has 0 unspecified atom stereocenters. The highest BCUT2D eigenvalue weighted by molar-refractivity contribution is 6.47. The first-order valence-electron chi connectivity index (χ1n) is 10.7. The Morgan fingerprint density at radius 1 is 1.26 bits per heavy atom. The average molecular weight is 378 g/mol. The number of carbonyl (C=O) groups is 1. The van der Waals surface area contributed by atoms with Gasteiger partial charge in [0.2, 0.25) is 5.91 Å². The van der Waals surface area contributed by atoms with Gasteiger partial charge in [0.25, 0.3) is 0 Å². The third-order valence-corrected chi connectivity index (χ3v) is 7.57. The van der Waals surface area contributed by atoms with Crippen LogP contribution in [0.2, 0.25) is 0 Å². The van der Waals surface area contributed by atoms with E-state index >= 15 is 0 Å². The standard InChI is InChI=1S/C21H39BN2O3/c1-12(2)9-16(24-18(25)17(23)19(3,4)5)22-26-15-11-13-10-14(20(13,6)7)21(15,8)27-22/h12-17H,9-11,23H2,1-8H3,(H,24,25)/t13-,14-,15+,16-,17+,21-/m0/s1. The number of amides is 1. The molecule has 0 aromatic heterocycles. The van der Waals surface area contributed by atoms with Gasteiger partial charge in [0, 0.05) is 0 Å². The molecule has 1 aliphatic heterocycles. The van der Waals surface area contributed by atoms with E-state index in [4.69, 9.17) is 15.0 Å². The minimum Gasteiger partial charge on any atom is -0.404 e. The van der Waals surface area contributed by atoms with E-state index < -0.39 is 13.2 Å². The quantitative estimate of drug-likeness (QED) is 0.721. The van der Waals surface area contributed by atoms with Gasteiger partial charge in [-0.1, -0.05) is 48.5 Å². The second kappa shape index (κ2) is 6.74. The van der Waals surface area contributed by atoms with E-state index in [9.17, 15) is 4.79 Å². The van der Waals surface area contributed by atoms with Crippen molar-refractivity contribution in [3.8, 4) is 0 Å². The maximum Gasteiger partial charge on any atom is 0.481 e. The highest BCUT2D eigenvalue weighted by Gasteiger charge is 2.68. The van der Waals surface area contributed by atoms with E-state index in [-0.39, 0.29) is 29.0 Å². The topological polar surface area (TPSA) is 73.6 Å². The predicted molar refractivity (Wildman–Crippen MR) is 109 cm³/mol. The van der Waals surface area contributed by atoms with Crippen LogP contribution in [0.3, 0.4) is 0 Å². The molecular formula is C21H39BN2O3. The van der Waals surface area contributed by atoms with Crippen LogP contribution in [0.5, 0.6) is 0 Å². The molecule has 1 saturated heterocycles. The summed E-state index contributed by atoms with van der Waals surface area (Å²) in [6.07, 6.45) is 3.22. The Morgan fingerprint density at radius 3 is 2.41 bits per heavy atom. The molecule has 0 radical (unpaired) electrons. The minimum atomic E-state index is -0.557. The van der Waals surface area contributed by atoms with Crippen LogP contribution in [0.4, 0.5) is 0 Å². The lowest BCUT2D eigenvalue weighted by atomic mass is 9.43. The van der Waals surface area contributed by atoms with Gasteiger partial charge in [-0.25, -0.2) is 0 Å². The van der Waals surface area contributed by atoms with Crippen molar-refractivity contribution in [3.05, 3.63) is 0 Å². The normalized spacial score (nSPS) is 36.8. The van der Waals surface area contributed by atoms with Gasteiger partial charge in [-0.2, -0.15) is 0 Å². The fraction of sp³-hybridized carbons (Fsp3) is 0.952. The Hall–Kier alpha value is -0.585. The molecule has 2 bridgehead atoms. The summed E-state index contributed by atoms with van der Waals surface area (Å²) in [4.78, 5) is 12.8. The second-order valence-corrected chi connectivity index (χ2v) is 11.4. The Labute approximate surface area is 165 Å². The smallest absolute Gasteiger partial charge is 0.404 e. The maximum atomic E-state index is 12.8. The van der Waals surface area contributed by atoms with Gasteiger partial charge in [0.1, 0.15) is 0 Å². The van der Waals surface area contributed by atoms with E-state index in [0.29, 0.717) is 17.3 Å². The number of hydrogen-bond acceptors (Lipinski definition) is 4. The van der Waals surface area contributed by atoms with E-state index in [1.54, 1.807) is 0 Å². The predicted octanol–water partition coefficient (Wildman–Crippen LogP) is 3.16. The van der Waals surface area contributed by atoms with E-state index in [1.165, 1.54) is 6.42 Å². The van der Waals surface area contributed by atoms with Gasteiger partial charge in [-0.05, 0) is 54.8 Å². The third-order valence-electron chi connectivity index (χ3n) is 7.57. The third kappa shape index (κ3) is 3.58. The summed E-state index contributed by atoms with van der Waals surface area (Å²) in [5.41, 5.74) is 5.96. The first-order valence-corrected chi connectivity index (χ1v) is 10.7. The number of hydrogen-bond donors (Lipinski definition) is 2. The first kappa shape index (κ1) is 21.1. The van der Waals surface area contributed by atoms with Crippen molar-refractivity contribution in [1.29, 1.82) is 0 Å². The fourth-order valence-corrected chi connectivity index (χ4v) is 5.48. The van der Waals surface area contributed by atoms with Gasteiger partial charge in [0.05, 0.1) is 23.7 Å². The van der Waals surface area contributed by atoms with Crippen LogP contribution in [-0.2, 0) is 14.1 Å². The number of nitrogens with one attached hydrogen (secondary N) is 1. The molecular weight excluding hydrogens is 339 g/mol. The van der Waals surface area contributed by atoms with Crippen LogP contribution < -0.4 is 11.1 Å². The number of carbonyl (C=O) groups excluding carboxylic acids is 1. The number of nitrogens with two attached hydrogens (primary N) is 1. The lowest BCUT2D eigenvalue weighted by Gasteiger charge is -2.64. The summed E-state index contributed by atoms with van der Waals surface area (Å²) in [6, 6.07) is -0.557. The summed E-state index contributed by atoms with van der Waals surface area (Å²) in [6.45, 7) is 17.2. The van der Waals surface area contributed by atoms with Gasteiger partial charge in [-0.15, -0.1) is 0 Å².